The van der Waals surface area contributed by atoms with E-state index in [9.17, 15) is 13.2 Å². The van der Waals surface area contributed by atoms with Crippen LogP contribution in [-0.4, -0.2) is 36.1 Å². The van der Waals surface area contributed by atoms with E-state index >= 15 is 0 Å². The van der Waals surface area contributed by atoms with Gasteiger partial charge in [-0.2, -0.15) is 5.10 Å². The van der Waals surface area contributed by atoms with Crippen molar-refractivity contribution in [2.45, 2.75) is 13.0 Å². The molecule has 0 saturated heterocycles. The van der Waals surface area contributed by atoms with Crippen LogP contribution in [0.25, 0.3) is 0 Å². The lowest BCUT2D eigenvalue weighted by Gasteiger charge is -2.18. The molecule has 7 heteroatoms. The van der Waals surface area contributed by atoms with Crippen LogP contribution in [0.4, 0.5) is 0 Å². The Bertz CT molecular complexity index is 767. The Kier molecular flexibility index (Phi) is 4.65. The second-order valence-electron chi connectivity index (χ2n) is 5.33. The van der Waals surface area contributed by atoms with E-state index in [0.717, 1.165) is 11.8 Å². The summed E-state index contributed by atoms with van der Waals surface area (Å²) in [5.74, 6) is -0.481. The molecule has 0 aliphatic heterocycles. The monoisotopic (exact) mass is 321 g/mol. The Morgan fingerprint density at radius 2 is 1.95 bits per heavy atom. The molecule has 1 heterocycles. The van der Waals surface area contributed by atoms with Crippen LogP contribution in [0.3, 0.4) is 0 Å². The van der Waals surface area contributed by atoms with Crippen LogP contribution in [0.5, 0.6) is 0 Å². The van der Waals surface area contributed by atoms with Crippen LogP contribution in [0.15, 0.2) is 36.5 Å². The molecule has 0 unspecified atom stereocenters. The Labute approximate surface area is 130 Å². The second-order valence-corrected chi connectivity index (χ2v) is 7.52. The summed E-state index contributed by atoms with van der Waals surface area (Å²) in [6.45, 7) is 1.74. The number of nitrogens with one attached hydrogen (secondary N) is 1. The van der Waals surface area contributed by atoms with Gasteiger partial charge in [0.25, 0.3) is 5.91 Å². The molecule has 22 heavy (non-hydrogen) atoms. The lowest BCUT2D eigenvalue weighted by Crippen LogP contribution is -2.33. The van der Waals surface area contributed by atoms with Crippen LogP contribution >= 0.6 is 0 Å². The molecule has 1 atom stereocenters. The molecular weight excluding hydrogens is 302 g/mol. The summed E-state index contributed by atoms with van der Waals surface area (Å²) in [6, 6.07) is 8.47. The van der Waals surface area contributed by atoms with Crippen LogP contribution in [-0.2, 0) is 16.9 Å². The maximum Gasteiger partial charge on any atom is 0.255 e. The topological polar surface area (TPSA) is 81.1 Å². The zero-order chi connectivity index (χ0) is 16.3. The minimum absolute atomic E-state index is 0.151. The quantitative estimate of drug-likeness (QED) is 0.898. The van der Waals surface area contributed by atoms with Gasteiger partial charge in [-0.1, -0.05) is 30.3 Å². The summed E-state index contributed by atoms with van der Waals surface area (Å²) in [6.07, 6.45) is 2.78. The average molecular weight is 321 g/mol. The maximum absolute atomic E-state index is 12.4. The van der Waals surface area contributed by atoms with Crippen molar-refractivity contribution in [1.29, 1.82) is 0 Å². The lowest BCUT2D eigenvalue weighted by molar-refractivity contribution is 0.0940. The highest BCUT2D eigenvalue weighted by molar-refractivity contribution is 7.90. The van der Waals surface area contributed by atoms with Crippen molar-refractivity contribution in [3.8, 4) is 0 Å². The molecule has 0 saturated carbocycles. The van der Waals surface area contributed by atoms with Gasteiger partial charge in [-0.05, 0) is 12.5 Å². The SMILES string of the molecule is Cc1nn(C)cc1C(=O)N[C@@H](CS(C)(=O)=O)c1ccccc1. The minimum atomic E-state index is -3.24. The van der Waals surface area contributed by atoms with E-state index in [2.05, 4.69) is 10.4 Å². The van der Waals surface area contributed by atoms with Gasteiger partial charge >= 0.3 is 0 Å². The van der Waals surface area contributed by atoms with Crippen LogP contribution in [0, 0.1) is 6.92 Å². The fourth-order valence-electron chi connectivity index (χ4n) is 2.27. The number of hydrogen-bond acceptors (Lipinski definition) is 4. The van der Waals surface area contributed by atoms with Gasteiger partial charge in [0.05, 0.1) is 23.1 Å². The molecule has 0 aliphatic rings. The summed E-state index contributed by atoms with van der Waals surface area (Å²) in [5, 5.41) is 6.91. The summed E-state index contributed by atoms with van der Waals surface area (Å²) >= 11 is 0. The van der Waals surface area contributed by atoms with E-state index in [1.165, 1.54) is 0 Å². The van der Waals surface area contributed by atoms with Crippen molar-refractivity contribution in [3.05, 3.63) is 53.3 Å². The van der Waals surface area contributed by atoms with Gasteiger partial charge in [0.2, 0.25) is 0 Å². The van der Waals surface area contributed by atoms with Crippen molar-refractivity contribution in [1.82, 2.24) is 15.1 Å². The lowest BCUT2D eigenvalue weighted by atomic mass is 10.1. The van der Waals surface area contributed by atoms with Gasteiger partial charge < -0.3 is 5.32 Å². The third-order valence-electron chi connectivity index (χ3n) is 3.23. The normalized spacial score (nSPS) is 12.9. The van der Waals surface area contributed by atoms with Gasteiger partial charge in [-0.15, -0.1) is 0 Å². The van der Waals surface area contributed by atoms with Crippen molar-refractivity contribution in [3.63, 3.8) is 0 Å². The average Bonchev–Trinajstić information content (AvgIpc) is 2.76. The first-order chi connectivity index (χ1) is 10.3. The highest BCUT2D eigenvalue weighted by atomic mass is 32.2. The van der Waals surface area contributed by atoms with Crippen molar-refractivity contribution in [2.75, 3.05) is 12.0 Å². The molecule has 1 aromatic heterocycles. The highest BCUT2D eigenvalue weighted by Gasteiger charge is 2.22. The third-order valence-corrected chi connectivity index (χ3v) is 4.17. The number of aryl methyl sites for hydroxylation is 2. The van der Waals surface area contributed by atoms with Crippen molar-refractivity contribution >= 4 is 15.7 Å². The van der Waals surface area contributed by atoms with Gasteiger partial charge in [0.1, 0.15) is 9.84 Å². The van der Waals surface area contributed by atoms with E-state index in [0.29, 0.717) is 11.3 Å². The minimum Gasteiger partial charge on any atom is -0.344 e. The number of carbonyl (C=O) groups excluding carboxylic acids is 1. The van der Waals surface area contributed by atoms with E-state index in [1.54, 1.807) is 37.0 Å². The molecular formula is C15H19N3O3S. The number of aromatic nitrogens is 2. The molecule has 0 aliphatic carbocycles. The highest BCUT2D eigenvalue weighted by Crippen LogP contribution is 2.16. The van der Waals surface area contributed by atoms with Crippen molar-refractivity contribution in [2.24, 2.45) is 7.05 Å². The molecule has 0 fully saturated rings. The summed E-state index contributed by atoms with van der Waals surface area (Å²) < 4.78 is 24.8. The van der Waals surface area contributed by atoms with Gasteiger partial charge in [0.15, 0.2) is 0 Å². The number of sulfone groups is 1. The van der Waals surface area contributed by atoms with Crippen molar-refractivity contribution < 1.29 is 13.2 Å². The van der Waals surface area contributed by atoms with Crippen LogP contribution < -0.4 is 5.32 Å². The number of benzene rings is 1. The first-order valence-electron chi connectivity index (χ1n) is 6.80. The van der Waals surface area contributed by atoms with E-state index in [-0.39, 0.29) is 11.7 Å². The predicted molar refractivity (Wildman–Crippen MR) is 84.3 cm³/mol. The van der Waals surface area contributed by atoms with Gasteiger partial charge in [-0.3, -0.25) is 9.48 Å². The first kappa shape index (κ1) is 16.2. The maximum atomic E-state index is 12.4. The molecule has 0 radical (unpaired) electrons. The standard InChI is InChI=1S/C15H19N3O3S/c1-11-13(9-18(2)17-11)15(19)16-14(10-22(3,20)21)12-7-5-4-6-8-12/h4-9,14H,10H2,1-3H3,(H,16,19)/t14-/m0/s1. The smallest absolute Gasteiger partial charge is 0.255 e. The molecule has 1 aromatic carbocycles. The van der Waals surface area contributed by atoms with E-state index in [1.807, 2.05) is 18.2 Å². The number of rotatable bonds is 5. The number of nitrogens with zero attached hydrogens (tertiary/aromatic N) is 2. The number of amides is 1. The third kappa shape index (κ3) is 4.17. The zero-order valence-corrected chi connectivity index (χ0v) is 13.6. The number of carbonyl (C=O) groups is 1. The van der Waals surface area contributed by atoms with Crippen LogP contribution in [0.1, 0.15) is 27.7 Å². The van der Waals surface area contributed by atoms with Gasteiger partial charge in [-0.25, -0.2) is 8.42 Å². The molecule has 118 valence electrons. The zero-order valence-electron chi connectivity index (χ0n) is 12.8. The first-order valence-corrected chi connectivity index (χ1v) is 8.86. The van der Waals surface area contributed by atoms with E-state index in [4.69, 9.17) is 0 Å². The largest absolute Gasteiger partial charge is 0.344 e. The summed E-state index contributed by atoms with van der Waals surface area (Å²) in [7, 11) is -1.51. The molecule has 1 N–H and O–H groups in total. The molecule has 0 spiro atoms. The Morgan fingerprint density at radius 3 is 2.45 bits per heavy atom. The fourth-order valence-corrected chi connectivity index (χ4v) is 3.15. The molecule has 6 nitrogen and oxygen atoms in total. The fraction of sp³-hybridized carbons (Fsp3) is 0.333. The molecule has 0 bridgehead atoms. The second kappa shape index (κ2) is 6.31. The van der Waals surface area contributed by atoms with Gasteiger partial charge in [0, 0.05) is 19.5 Å². The van der Waals surface area contributed by atoms with E-state index < -0.39 is 15.9 Å². The Morgan fingerprint density at radius 1 is 1.32 bits per heavy atom. The molecule has 1 amide bonds. The Hall–Kier alpha value is -2.15. The Balaban J connectivity index is 2.27. The molecule has 2 aromatic rings. The predicted octanol–water partition coefficient (Wildman–Crippen LogP) is 1.24. The summed E-state index contributed by atoms with van der Waals surface area (Å²) in [4.78, 5) is 12.4. The number of hydrogen-bond donors (Lipinski definition) is 1. The molecule has 2 rings (SSSR count). The van der Waals surface area contributed by atoms with Crippen LogP contribution in [0.2, 0.25) is 0 Å². The summed E-state index contributed by atoms with van der Waals surface area (Å²) in [5.41, 5.74) is 1.80.